The second kappa shape index (κ2) is 6.42. The molecule has 0 saturated carbocycles. The number of carbonyl (C=O) groups is 1. The van der Waals surface area contributed by atoms with Crippen molar-refractivity contribution in [2.45, 2.75) is 33.7 Å². The average molecular weight is 343 g/mol. The van der Waals surface area contributed by atoms with E-state index >= 15 is 0 Å². The molecule has 1 N–H and O–H groups in total. The monoisotopic (exact) mass is 343 g/mol. The number of rotatable bonds is 4. The number of carbonyl (C=O) groups excluding carboxylic acids is 1. The van der Waals surface area contributed by atoms with Gasteiger partial charge in [0.05, 0.1) is 5.69 Å². The molecule has 1 amide bonds. The molecule has 8 nitrogen and oxygen atoms in total. The van der Waals surface area contributed by atoms with Gasteiger partial charge in [-0.2, -0.15) is 9.78 Å². The molecule has 1 aromatic carbocycles. The van der Waals surface area contributed by atoms with E-state index in [1.807, 2.05) is 19.9 Å². The Morgan fingerprint density at radius 1 is 1.24 bits per heavy atom. The maximum Gasteiger partial charge on any atom is 0.248 e. The second-order valence-corrected chi connectivity index (χ2v) is 5.84. The van der Waals surface area contributed by atoms with Crippen molar-refractivity contribution in [3.8, 4) is 5.69 Å². The fraction of sp³-hybridized carbons (Fsp3) is 0.312. The van der Waals surface area contributed by atoms with Crippen LogP contribution < -0.4 is 5.32 Å². The van der Waals surface area contributed by atoms with E-state index in [2.05, 4.69) is 25.9 Å². The number of amides is 1. The Labute approximate surface area is 143 Å². The quantitative estimate of drug-likeness (QED) is 0.783. The van der Waals surface area contributed by atoms with Gasteiger partial charge in [-0.25, -0.2) is 4.39 Å². The third kappa shape index (κ3) is 3.25. The van der Waals surface area contributed by atoms with E-state index in [-0.39, 0.29) is 11.6 Å². The Morgan fingerprint density at radius 2 is 2.00 bits per heavy atom. The molecule has 0 aliphatic carbocycles. The Kier molecular flexibility index (Phi) is 4.30. The Bertz CT molecular complexity index is 930. The van der Waals surface area contributed by atoms with Crippen LogP contribution >= 0.6 is 0 Å². The van der Waals surface area contributed by atoms with E-state index in [1.165, 1.54) is 22.9 Å². The van der Waals surface area contributed by atoms with Gasteiger partial charge in [-0.05, 0) is 62.4 Å². The van der Waals surface area contributed by atoms with Gasteiger partial charge in [0.2, 0.25) is 5.91 Å². The molecule has 25 heavy (non-hydrogen) atoms. The largest absolute Gasteiger partial charge is 0.324 e. The van der Waals surface area contributed by atoms with Crippen molar-refractivity contribution in [3.63, 3.8) is 0 Å². The minimum absolute atomic E-state index is 0.166. The van der Waals surface area contributed by atoms with Crippen molar-refractivity contribution in [3.05, 3.63) is 47.3 Å². The molecule has 0 fully saturated rings. The van der Waals surface area contributed by atoms with Gasteiger partial charge >= 0.3 is 0 Å². The SMILES string of the molecule is Cc1cc(C)n(C(C)C(=O)Nc2ccc(F)c(-n3nnnc3C)c2)n1. The standard InChI is InChI=1S/C16H18FN7O/c1-9-7-10(2)23(20-9)11(3)16(25)18-13-5-6-14(17)15(8-13)24-12(4)19-21-22-24/h5-8,11H,1-4H3,(H,18,25). The fourth-order valence-electron chi connectivity index (χ4n) is 2.60. The van der Waals surface area contributed by atoms with Gasteiger partial charge in [0, 0.05) is 11.4 Å². The molecule has 9 heteroatoms. The zero-order chi connectivity index (χ0) is 18.1. The van der Waals surface area contributed by atoms with Gasteiger partial charge in [0.25, 0.3) is 0 Å². The van der Waals surface area contributed by atoms with Crippen LogP contribution in [0.4, 0.5) is 10.1 Å². The zero-order valence-corrected chi connectivity index (χ0v) is 14.4. The lowest BCUT2D eigenvalue weighted by Gasteiger charge is -2.15. The molecule has 3 aromatic rings. The zero-order valence-electron chi connectivity index (χ0n) is 14.4. The molecule has 130 valence electrons. The lowest BCUT2D eigenvalue weighted by Crippen LogP contribution is -2.25. The molecule has 0 spiro atoms. The summed E-state index contributed by atoms with van der Waals surface area (Å²) in [5.41, 5.74) is 2.35. The molecule has 0 radical (unpaired) electrons. The third-order valence-electron chi connectivity index (χ3n) is 3.86. The number of tetrazole rings is 1. The molecule has 1 unspecified atom stereocenters. The fourth-order valence-corrected chi connectivity index (χ4v) is 2.60. The summed E-state index contributed by atoms with van der Waals surface area (Å²) < 4.78 is 17.0. The van der Waals surface area contributed by atoms with Crippen molar-refractivity contribution in [1.82, 2.24) is 30.0 Å². The van der Waals surface area contributed by atoms with Gasteiger partial charge < -0.3 is 5.32 Å². The van der Waals surface area contributed by atoms with Crippen molar-refractivity contribution >= 4 is 11.6 Å². The maximum atomic E-state index is 14.1. The predicted octanol–water partition coefficient (Wildman–Crippen LogP) is 2.12. The first kappa shape index (κ1) is 16.7. The maximum absolute atomic E-state index is 14.1. The number of nitrogens with one attached hydrogen (secondary N) is 1. The molecule has 0 aliphatic rings. The van der Waals surface area contributed by atoms with Crippen LogP contribution in [0.3, 0.4) is 0 Å². The number of hydrogen-bond acceptors (Lipinski definition) is 5. The summed E-state index contributed by atoms with van der Waals surface area (Å²) in [6, 6.07) is 5.65. The summed E-state index contributed by atoms with van der Waals surface area (Å²) in [6.07, 6.45) is 0. The summed E-state index contributed by atoms with van der Waals surface area (Å²) in [6.45, 7) is 7.18. The van der Waals surface area contributed by atoms with E-state index in [1.54, 1.807) is 18.5 Å². The number of nitrogens with zero attached hydrogens (tertiary/aromatic N) is 6. The number of halogens is 1. The van der Waals surface area contributed by atoms with Crippen LogP contribution in [0.2, 0.25) is 0 Å². The van der Waals surface area contributed by atoms with Gasteiger partial charge in [0.1, 0.15) is 17.5 Å². The number of aromatic nitrogens is 6. The smallest absolute Gasteiger partial charge is 0.248 e. The summed E-state index contributed by atoms with van der Waals surface area (Å²) in [5, 5.41) is 18.1. The van der Waals surface area contributed by atoms with Crippen LogP contribution in [-0.4, -0.2) is 35.9 Å². The predicted molar refractivity (Wildman–Crippen MR) is 88.9 cm³/mol. The molecule has 2 aromatic heterocycles. The lowest BCUT2D eigenvalue weighted by molar-refractivity contribution is -0.119. The summed E-state index contributed by atoms with van der Waals surface area (Å²) >= 11 is 0. The first-order chi connectivity index (χ1) is 11.9. The van der Waals surface area contributed by atoms with Crippen LogP contribution in [0.1, 0.15) is 30.2 Å². The second-order valence-electron chi connectivity index (χ2n) is 5.84. The normalized spacial score (nSPS) is 12.2. The minimum atomic E-state index is -0.503. The van der Waals surface area contributed by atoms with Crippen LogP contribution in [0.15, 0.2) is 24.3 Å². The van der Waals surface area contributed by atoms with Crippen molar-refractivity contribution in [1.29, 1.82) is 0 Å². The van der Waals surface area contributed by atoms with Gasteiger partial charge in [-0.1, -0.05) is 0 Å². The topological polar surface area (TPSA) is 90.5 Å². The Hall–Kier alpha value is -3.10. The van der Waals surface area contributed by atoms with E-state index in [4.69, 9.17) is 0 Å². The first-order valence-electron chi connectivity index (χ1n) is 7.75. The molecule has 3 rings (SSSR count). The van der Waals surface area contributed by atoms with Crippen LogP contribution in [-0.2, 0) is 4.79 Å². The first-order valence-corrected chi connectivity index (χ1v) is 7.75. The molecule has 2 heterocycles. The van der Waals surface area contributed by atoms with Crippen molar-refractivity contribution < 1.29 is 9.18 Å². The molecule has 0 saturated heterocycles. The molecule has 0 aliphatic heterocycles. The summed E-state index contributed by atoms with van der Waals surface area (Å²) in [5.74, 6) is -0.296. The highest BCUT2D eigenvalue weighted by atomic mass is 19.1. The number of benzene rings is 1. The van der Waals surface area contributed by atoms with E-state index in [9.17, 15) is 9.18 Å². The van der Waals surface area contributed by atoms with Crippen LogP contribution in [0.25, 0.3) is 5.69 Å². The Balaban J connectivity index is 1.85. The van der Waals surface area contributed by atoms with E-state index < -0.39 is 11.9 Å². The van der Waals surface area contributed by atoms with Crippen molar-refractivity contribution in [2.24, 2.45) is 0 Å². The minimum Gasteiger partial charge on any atom is -0.324 e. The van der Waals surface area contributed by atoms with E-state index in [0.29, 0.717) is 11.5 Å². The third-order valence-corrected chi connectivity index (χ3v) is 3.86. The van der Waals surface area contributed by atoms with Gasteiger partial charge in [-0.15, -0.1) is 5.10 Å². The van der Waals surface area contributed by atoms with Crippen molar-refractivity contribution in [2.75, 3.05) is 5.32 Å². The molecular weight excluding hydrogens is 325 g/mol. The number of hydrogen-bond donors (Lipinski definition) is 1. The highest BCUT2D eigenvalue weighted by molar-refractivity contribution is 5.93. The lowest BCUT2D eigenvalue weighted by atomic mass is 10.2. The van der Waals surface area contributed by atoms with Gasteiger partial charge in [0.15, 0.2) is 5.82 Å². The van der Waals surface area contributed by atoms with E-state index in [0.717, 1.165) is 11.4 Å². The highest BCUT2D eigenvalue weighted by Gasteiger charge is 2.19. The molecule has 1 atom stereocenters. The van der Waals surface area contributed by atoms with Crippen LogP contribution in [0.5, 0.6) is 0 Å². The van der Waals surface area contributed by atoms with Crippen LogP contribution in [0, 0.1) is 26.6 Å². The molecule has 0 bridgehead atoms. The number of anilines is 1. The summed E-state index contributed by atoms with van der Waals surface area (Å²) in [7, 11) is 0. The average Bonchev–Trinajstić information content (AvgIpc) is 3.13. The Morgan fingerprint density at radius 3 is 2.60 bits per heavy atom. The summed E-state index contributed by atoms with van der Waals surface area (Å²) in [4.78, 5) is 12.5. The highest BCUT2D eigenvalue weighted by Crippen LogP contribution is 2.20. The molecular formula is C16H18FN7O. The van der Waals surface area contributed by atoms with Gasteiger partial charge in [-0.3, -0.25) is 9.48 Å². The number of aryl methyl sites for hydroxylation is 3.